The van der Waals surface area contributed by atoms with E-state index in [2.05, 4.69) is 15.5 Å². The maximum Gasteiger partial charge on any atom is 0.264 e. The Morgan fingerprint density at radius 3 is 2.27 bits per heavy atom. The van der Waals surface area contributed by atoms with Gasteiger partial charge in [0.15, 0.2) is 0 Å². The van der Waals surface area contributed by atoms with Crippen molar-refractivity contribution in [3.05, 3.63) is 88.9 Å². The number of hydrogen-bond acceptors (Lipinski definition) is 6. The predicted octanol–water partition coefficient (Wildman–Crippen LogP) is 5.35. The zero-order valence-electron chi connectivity index (χ0n) is 16.9. The maximum atomic E-state index is 13.3. The van der Waals surface area contributed by atoms with Gasteiger partial charge >= 0.3 is 0 Å². The van der Waals surface area contributed by atoms with Crippen LogP contribution in [0.3, 0.4) is 0 Å². The number of sulfonamides is 1. The average Bonchev–Trinajstić information content (AvgIpc) is 3.27. The lowest BCUT2D eigenvalue weighted by Gasteiger charge is -2.24. The fourth-order valence-corrected chi connectivity index (χ4v) is 5.59. The minimum Gasteiger partial charge on any atom is -0.299 e. The van der Waals surface area contributed by atoms with Gasteiger partial charge in [0.1, 0.15) is 11.6 Å². The molecule has 11 heteroatoms. The molecule has 0 aliphatic rings. The molecule has 0 spiro atoms. The van der Waals surface area contributed by atoms with Crippen molar-refractivity contribution >= 4 is 61.3 Å². The molecule has 1 amide bonds. The molecule has 0 unspecified atom stereocenters. The van der Waals surface area contributed by atoms with Gasteiger partial charge in [-0.15, -0.1) is 10.2 Å². The molecule has 7 nitrogen and oxygen atoms in total. The summed E-state index contributed by atoms with van der Waals surface area (Å²) in [7, 11) is -4.06. The second-order valence-corrected chi connectivity index (χ2v) is 10.4. The molecule has 0 saturated heterocycles. The van der Waals surface area contributed by atoms with Gasteiger partial charge in [0.2, 0.25) is 11.0 Å². The number of nitrogens with one attached hydrogen (secondary N) is 1. The Kier molecular flexibility index (Phi) is 6.94. The summed E-state index contributed by atoms with van der Waals surface area (Å²) in [5.41, 5.74) is 0.985. The summed E-state index contributed by atoms with van der Waals surface area (Å²) in [5, 5.41) is 12.3. The van der Waals surface area contributed by atoms with Gasteiger partial charge in [-0.1, -0.05) is 77.0 Å². The lowest BCUT2D eigenvalue weighted by molar-refractivity contribution is -0.114. The smallest absolute Gasteiger partial charge is 0.264 e. The van der Waals surface area contributed by atoms with Crippen LogP contribution in [0, 0.1) is 0 Å². The zero-order chi connectivity index (χ0) is 23.4. The second-order valence-electron chi connectivity index (χ2n) is 6.74. The van der Waals surface area contributed by atoms with E-state index in [4.69, 9.17) is 23.2 Å². The van der Waals surface area contributed by atoms with E-state index in [1.54, 1.807) is 66.7 Å². The molecule has 0 radical (unpaired) electrons. The fraction of sp³-hybridized carbons (Fsp3) is 0.0455. The number of benzene rings is 3. The Morgan fingerprint density at radius 1 is 0.909 bits per heavy atom. The monoisotopic (exact) mass is 518 g/mol. The van der Waals surface area contributed by atoms with Gasteiger partial charge in [-0.05, 0) is 36.4 Å². The van der Waals surface area contributed by atoms with Crippen LogP contribution in [0.5, 0.6) is 0 Å². The predicted molar refractivity (Wildman–Crippen MR) is 131 cm³/mol. The van der Waals surface area contributed by atoms with Gasteiger partial charge in [-0.2, -0.15) is 0 Å². The van der Waals surface area contributed by atoms with Crippen LogP contribution in [0.1, 0.15) is 0 Å². The molecule has 0 saturated carbocycles. The van der Waals surface area contributed by atoms with Gasteiger partial charge in [-0.3, -0.25) is 14.4 Å². The van der Waals surface area contributed by atoms with Crippen molar-refractivity contribution in [3.63, 3.8) is 0 Å². The number of anilines is 2. The third kappa shape index (κ3) is 5.33. The fourth-order valence-electron chi connectivity index (χ4n) is 2.95. The highest BCUT2D eigenvalue weighted by atomic mass is 35.5. The number of halogens is 2. The first-order valence-electron chi connectivity index (χ1n) is 9.56. The SMILES string of the molecule is O=C(CN(c1ccccc1Cl)S(=O)(=O)c1ccccc1)Nc1nnc(-c2ccc(Cl)cc2)s1. The normalized spacial score (nSPS) is 11.2. The summed E-state index contributed by atoms with van der Waals surface area (Å²) < 4.78 is 27.7. The van der Waals surface area contributed by atoms with Crippen molar-refractivity contribution in [2.75, 3.05) is 16.2 Å². The summed E-state index contributed by atoms with van der Waals surface area (Å²) in [5.74, 6) is -0.590. The molecule has 4 aromatic rings. The number of amides is 1. The molecule has 1 aromatic heterocycles. The maximum absolute atomic E-state index is 13.3. The van der Waals surface area contributed by atoms with Crippen molar-refractivity contribution in [2.24, 2.45) is 0 Å². The van der Waals surface area contributed by atoms with E-state index in [0.29, 0.717) is 10.0 Å². The first-order chi connectivity index (χ1) is 15.8. The highest BCUT2D eigenvalue weighted by Gasteiger charge is 2.28. The molecule has 1 N–H and O–H groups in total. The molecule has 0 aliphatic heterocycles. The molecular formula is C22H16Cl2N4O3S2. The van der Waals surface area contributed by atoms with Crippen molar-refractivity contribution < 1.29 is 13.2 Å². The minimum atomic E-state index is -4.06. The Balaban J connectivity index is 1.59. The second kappa shape index (κ2) is 9.88. The van der Waals surface area contributed by atoms with Crippen LogP contribution >= 0.6 is 34.5 Å². The number of nitrogens with zero attached hydrogens (tertiary/aromatic N) is 3. The molecule has 33 heavy (non-hydrogen) atoms. The van der Waals surface area contributed by atoms with Gasteiger partial charge in [0, 0.05) is 10.6 Å². The van der Waals surface area contributed by atoms with Crippen LogP contribution in [0.25, 0.3) is 10.6 Å². The quantitative estimate of drug-likeness (QED) is 0.356. The third-order valence-electron chi connectivity index (χ3n) is 4.50. The van der Waals surface area contributed by atoms with Crippen LogP contribution in [0.15, 0.2) is 83.8 Å². The number of aromatic nitrogens is 2. The summed E-state index contributed by atoms with van der Waals surface area (Å²) in [4.78, 5) is 12.9. The number of rotatable bonds is 7. The molecule has 0 fully saturated rings. The van der Waals surface area contributed by atoms with Crippen molar-refractivity contribution in [1.82, 2.24) is 10.2 Å². The number of hydrogen-bond donors (Lipinski definition) is 1. The molecule has 3 aromatic carbocycles. The van der Waals surface area contributed by atoms with E-state index in [9.17, 15) is 13.2 Å². The number of carbonyl (C=O) groups is 1. The van der Waals surface area contributed by atoms with E-state index in [1.165, 1.54) is 12.1 Å². The lowest BCUT2D eigenvalue weighted by atomic mass is 10.2. The first kappa shape index (κ1) is 23.2. The zero-order valence-corrected chi connectivity index (χ0v) is 20.0. The van der Waals surface area contributed by atoms with Gasteiger partial charge in [0.25, 0.3) is 10.0 Å². The van der Waals surface area contributed by atoms with Crippen molar-refractivity contribution in [2.45, 2.75) is 4.90 Å². The molecule has 4 rings (SSSR count). The largest absolute Gasteiger partial charge is 0.299 e. The number of para-hydroxylation sites is 1. The molecule has 0 atom stereocenters. The summed E-state index contributed by atoms with van der Waals surface area (Å²) in [6.07, 6.45) is 0. The highest BCUT2D eigenvalue weighted by Crippen LogP contribution is 2.31. The Morgan fingerprint density at radius 2 is 1.58 bits per heavy atom. The average molecular weight is 519 g/mol. The number of carbonyl (C=O) groups excluding carboxylic acids is 1. The van der Waals surface area contributed by atoms with E-state index in [-0.39, 0.29) is 20.7 Å². The van der Waals surface area contributed by atoms with Crippen LogP contribution in [0.2, 0.25) is 10.0 Å². The van der Waals surface area contributed by atoms with Crippen LogP contribution < -0.4 is 9.62 Å². The summed E-state index contributed by atoms with van der Waals surface area (Å²) in [6, 6.07) is 21.3. The van der Waals surface area contributed by atoms with Crippen LogP contribution in [-0.4, -0.2) is 31.1 Å². The van der Waals surface area contributed by atoms with E-state index in [1.807, 2.05) is 0 Å². The highest BCUT2D eigenvalue weighted by molar-refractivity contribution is 7.92. The molecule has 168 valence electrons. The van der Waals surface area contributed by atoms with Gasteiger partial charge < -0.3 is 0 Å². The summed E-state index contributed by atoms with van der Waals surface area (Å²) >= 11 is 13.3. The summed E-state index contributed by atoms with van der Waals surface area (Å²) in [6.45, 7) is -0.503. The minimum absolute atomic E-state index is 0.0404. The van der Waals surface area contributed by atoms with Crippen LogP contribution in [-0.2, 0) is 14.8 Å². The molecule has 0 aliphatic carbocycles. The Labute approximate surface area is 204 Å². The molecule has 1 heterocycles. The Hall–Kier alpha value is -2.98. The van der Waals surface area contributed by atoms with Crippen molar-refractivity contribution in [1.29, 1.82) is 0 Å². The lowest BCUT2D eigenvalue weighted by Crippen LogP contribution is -2.38. The Bertz CT molecular complexity index is 1380. The topological polar surface area (TPSA) is 92.3 Å². The van der Waals surface area contributed by atoms with Gasteiger partial charge in [0.05, 0.1) is 15.6 Å². The van der Waals surface area contributed by atoms with E-state index < -0.39 is 22.5 Å². The standard InChI is InChI=1S/C22H16Cl2N4O3S2/c23-16-12-10-15(11-13-16)21-26-27-22(32-21)25-20(29)14-28(19-9-5-4-8-18(19)24)33(30,31)17-6-2-1-3-7-17/h1-13H,14H2,(H,25,27,29). The molecule has 0 bridgehead atoms. The van der Waals surface area contributed by atoms with Crippen LogP contribution in [0.4, 0.5) is 10.8 Å². The van der Waals surface area contributed by atoms with E-state index >= 15 is 0 Å². The van der Waals surface area contributed by atoms with Gasteiger partial charge in [-0.25, -0.2) is 8.42 Å². The first-order valence-corrected chi connectivity index (χ1v) is 12.6. The molecular weight excluding hydrogens is 503 g/mol. The third-order valence-corrected chi connectivity index (χ3v) is 7.74. The van der Waals surface area contributed by atoms with E-state index in [0.717, 1.165) is 21.2 Å². The van der Waals surface area contributed by atoms with Crippen molar-refractivity contribution in [3.8, 4) is 10.6 Å².